The molecule has 1 aromatic carbocycles. The maximum atomic E-state index is 12.3. The van der Waals surface area contributed by atoms with Crippen LogP contribution in [-0.2, 0) is 23.9 Å². The minimum absolute atomic E-state index is 0.0731. The number of amides is 2. The van der Waals surface area contributed by atoms with E-state index in [4.69, 9.17) is 9.47 Å². The van der Waals surface area contributed by atoms with Crippen LogP contribution in [0.15, 0.2) is 24.3 Å². The van der Waals surface area contributed by atoms with Crippen LogP contribution in [0.3, 0.4) is 0 Å². The fraction of sp³-hybridized carbons (Fsp3) is 0.583. The molecule has 8 heteroatoms. The van der Waals surface area contributed by atoms with Crippen LogP contribution in [0.5, 0.6) is 0 Å². The minimum atomic E-state index is -0.461. The summed E-state index contributed by atoms with van der Waals surface area (Å²) < 4.78 is 10.3. The number of carbonyl (C=O) groups is 4. The van der Waals surface area contributed by atoms with Crippen molar-refractivity contribution in [3.8, 4) is 0 Å². The van der Waals surface area contributed by atoms with Crippen LogP contribution in [-0.4, -0.2) is 55.0 Å². The number of anilines is 1. The first-order valence-electron chi connectivity index (χ1n) is 11.1. The zero-order valence-electron chi connectivity index (χ0n) is 19.4. The molecule has 0 atom stereocenters. The van der Waals surface area contributed by atoms with Crippen LogP contribution >= 0.6 is 0 Å². The van der Waals surface area contributed by atoms with Gasteiger partial charge < -0.3 is 19.7 Å². The van der Waals surface area contributed by atoms with Crippen molar-refractivity contribution >= 4 is 29.4 Å². The van der Waals surface area contributed by atoms with Gasteiger partial charge in [0.1, 0.15) is 0 Å². The first-order chi connectivity index (χ1) is 15.1. The highest BCUT2D eigenvalue weighted by atomic mass is 16.5. The lowest BCUT2D eigenvalue weighted by molar-refractivity contribution is -0.155. The molecule has 0 bridgehead atoms. The molecule has 32 heavy (non-hydrogen) atoms. The Morgan fingerprint density at radius 2 is 1.66 bits per heavy atom. The van der Waals surface area contributed by atoms with Gasteiger partial charge in [-0.3, -0.25) is 14.4 Å². The number of rotatable bonds is 8. The molecule has 2 amide bonds. The molecule has 1 fully saturated rings. The van der Waals surface area contributed by atoms with Gasteiger partial charge in [0.05, 0.1) is 18.1 Å². The van der Waals surface area contributed by atoms with Gasteiger partial charge in [0.2, 0.25) is 5.91 Å². The summed E-state index contributed by atoms with van der Waals surface area (Å²) in [5, 5.41) is 2.64. The number of likely N-dealkylation sites (tertiary alicyclic amines) is 1. The third-order valence-corrected chi connectivity index (χ3v) is 5.24. The Morgan fingerprint density at radius 1 is 1.03 bits per heavy atom. The number of piperidine rings is 1. The van der Waals surface area contributed by atoms with Crippen molar-refractivity contribution in [2.45, 2.75) is 53.4 Å². The number of hydrogen-bond acceptors (Lipinski definition) is 6. The Morgan fingerprint density at radius 3 is 2.22 bits per heavy atom. The molecule has 0 aromatic heterocycles. The van der Waals surface area contributed by atoms with E-state index >= 15 is 0 Å². The zero-order chi connectivity index (χ0) is 23.7. The molecule has 0 unspecified atom stereocenters. The standard InChI is InChI=1S/C24H34N2O6/c1-5-6-15-31-21(28)17-7-9-19(10-8-17)25-20(27)16-32-22(29)18-11-13-26(14-12-18)23(30)24(2,3)4/h7-10,18H,5-6,11-16H2,1-4H3,(H,25,27). The monoisotopic (exact) mass is 446 g/mol. The highest BCUT2D eigenvalue weighted by Gasteiger charge is 2.33. The maximum Gasteiger partial charge on any atom is 0.338 e. The van der Waals surface area contributed by atoms with Crippen molar-refractivity contribution in [1.82, 2.24) is 4.90 Å². The summed E-state index contributed by atoms with van der Waals surface area (Å²) in [6.45, 7) is 8.65. The molecule has 1 aliphatic heterocycles. The second kappa shape index (κ2) is 11.6. The predicted molar refractivity (Wildman–Crippen MR) is 120 cm³/mol. The smallest absolute Gasteiger partial charge is 0.338 e. The highest BCUT2D eigenvalue weighted by molar-refractivity contribution is 5.94. The minimum Gasteiger partial charge on any atom is -0.462 e. The number of nitrogens with zero attached hydrogens (tertiary/aromatic N) is 1. The van der Waals surface area contributed by atoms with Gasteiger partial charge >= 0.3 is 11.9 Å². The van der Waals surface area contributed by atoms with Gasteiger partial charge in [-0.15, -0.1) is 0 Å². The number of benzene rings is 1. The summed E-state index contributed by atoms with van der Waals surface area (Å²) in [5.74, 6) is -1.53. The molecule has 2 rings (SSSR count). The van der Waals surface area contributed by atoms with E-state index in [1.807, 2.05) is 27.7 Å². The van der Waals surface area contributed by atoms with Crippen LogP contribution in [0.4, 0.5) is 5.69 Å². The third kappa shape index (κ3) is 7.66. The topological polar surface area (TPSA) is 102 Å². The molecular weight excluding hydrogens is 412 g/mol. The van der Waals surface area contributed by atoms with Gasteiger partial charge in [0.15, 0.2) is 6.61 Å². The number of nitrogens with one attached hydrogen (secondary N) is 1. The van der Waals surface area contributed by atoms with Crippen LogP contribution in [0.25, 0.3) is 0 Å². The second-order valence-corrected chi connectivity index (χ2v) is 9.04. The molecule has 1 aromatic rings. The summed E-state index contributed by atoms with van der Waals surface area (Å²) >= 11 is 0. The molecule has 1 heterocycles. The van der Waals surface area contributed by atoms with E-state index in [0.29, 0.717) is 43.8 Å². The Labute approximate surface area is 189 Å². The molecule has 0 spiro atoms. The number of carbonyl (C=O) groups excluding carboxylic acids is 4. The Balaban J connectivity index is 1.73. The van der Waals surface area contributed by atoms with Crippen LogP contribution in [0.1, 0.15) is 63.7 Å². The third-order valence-electron chi connectivity index (χ3n) is 5.24. The van der Waals surface area contributed by atoms with E-state index in [1.54, 1.807) is 29.2 Å². The average Bonchev–Trinajstić information content (AvgIpc) is 2.77. The molecule has 8 nitrogen and oxygen atoms in total. The average molecular weight is 447 g/mol. The van der Waals surface area contributed by atoms with Crippen molar-refractivity contribution in [2.75, 3.05) is 31.6 Å². The first kappa shape index (κ1) is 25.4. The predicted octanol–water partition coefficient (Wildman–Crippen LogP) is 3.41. The lowest BCUT2D eigenvalue weighted by Gasteiger charge is -2.34. The SMILES string of the molecule is CCCCOC(=O)c1ccc(NC(=O)COC(=O)C2CCN(C(=O)C(C)(C)C)CC2)cc1. The lowest BCUT2D eigenvalue weighted by atomic mass is 9.91. The summed E-state index contributed by atoms with van der Waals surface area (Å²) in [4.78, 5) is 50.4. The molecule has 176 valence electrons. The Hall–Kier alpha value is -2.90. The van der Waals surface area contributed by atoms with Crippen molar-refractivity contribution in [1.29, 1.82) is 0 Å². The molecular formula is C24H34N2O6. The second-order valence-electron chi connectivity index (χ2n) is 9.04. The van der Waals surface area contributed by atoms with E-state index in [2.05, 4.69) is 5.32 Å². The van der Waals surface area contributed by atoms with Gasteiger partial charge in [-0.25, -0.2) is 4.79 Å². The van der Waals surface area contributed by atoms with Gasteiger partial charge in [-0.2, -0.15) is 0 Å². The van der Waals surface area contributed by atoms with Crippen LogP contribution in [0.2, 0.25) is 0 Å². The summed E-state index contributed by atoms with van der Waals surface area (Å²) in [6, 6.07) is 6.33. The lowest BCUT2D eigenvalue weighted by Crippen LogP contribution is -2.45. The van der Waals surface area contributed by atoms with Crippen molar-refractivity contribution in [3.63, 3.8) is 0 Å². The highest BCUT2D eigenvalue weighted by Crippen LogP contribution is 2.24. The van der Waals surface area contributed by atoms with E-state index in [-0.39, 0.29) is 18.4 Å². The van der Waals surface area contributed by atoms with E-state index in [9.17, 15) is 19.2 Å². The molecule has 1 saturated heterocycles. The molecule has 0 aliphatic carbocycles. The van der Waals surface area contributed by atoms with Crippen molar-refractivity contribution in [3.05, 3.63) is 29.8 Å². The van der Waals surface area contributed by atoms with Gasteiger partial charge in [-0.1, -0.05) is 34.1 Å². The van der Waals surface area contributed by atoms with E-state index in [1.165, 1.54) is 0 Å². The zero-order valence-corrected chi connectivity index (χ0v) is 19.4. The number of hydrogen-bond donors (Lipinski definition) is 1. The maximum absolute atomic E-state index is 12.3. The molecule has 1 N–H and O–H groups in total. The van der Waals surface area contributed by atoms with Crippen LogP contribution in [0, 0.1) is 11.3 Å². The van der Waals surface area contributed by atoms with Gasteiger partial charge in [0.25, 0.3) is 5.91 Å². The van der Waals surface area contributed by atoms with Gasteiger partial charge in [0, 0.05) is 24.2 Å². The van der Waals surface area contributed by atoms with Crippen molar-refractivity contribution < 1.29 is 28.7 Å². The summed E-state index contributed by atoms with van der Waals surface area (Å²) in [7, 11) is 0. The fourth-order valence-electron chi connectivity index (χ4n) is 3.33. The Bertz CT molecular complexity index is 805. The summed E-state index contributed by atoms with van der Waals surface area (Å²) in [5.41, 5.74) is 0.450. The molecule has 0 radical (unpaired) electrons. The summed E-state index contributed by atoms with van der Waals surface area (Å²) in [6.07, 6.45) is 2.81. The first-order valence-corrected chi connectivity index (χ1v) is 11.1. The number of ether oxygens (including phenoxy) is 2. The van der Waals surface area contributed by atoms with Gasteiger partial charge in [-0.05, 0) is 43.5 Å². The number of unbranched alkanes of at least 4 members (excludes halogenated alkanes) is 1. The fourth-order valence-corrected chi connectivity index (χ4v) is 3.33. The normalized spacial score (nSPS) is 14.6. The molecule has 1 aliphatic rings. The quantitative estimate of drug-likeness (QED) is 0.485. The van der Waals surface area contributed by atoms with Crippen molar-refractivity contribution in [2.24, 2.45) is 11.3 Å². The number of esters is 2. The largest absolute Gasteiger partial charge is 0.462 e. The van der Waals surface area contributed by atoms with E-state index in [0.717, 1.165) is 12.8 Å². The Kier molecular flexibility index (Phi) is 9.23. The van der Waals surface area contributed by atoms with Crippen LogP contribution < -0.4 is 5.32 Å². The van der Waals surface area contributed by atoms with E-state index < -0.39 is 23.3 Å². The molecule has 0 saturated carbocycles.